The van der Waals surface area contributed by atoms with E-state index in [-0.39, 0.29) is 5.66 Å². The van der Waals surface area contributed by atoms with Gasteiger partial charge in [0.15, 0.2) is 5.11 Å². The third kappa shape index (κ3) is 3.59. The molecule has 0 saturated carbocycles. The summed E-state index contributed by atoms with van der Waals surface area (Å²) in [6, 6.07) is 7.64. The molecule has 1 aromatic carbocycles. The van der Waals surface area contributed by atoms with Crippen LogP contribution in [0.25, 0.3) is 0 Å². The molecule has 1 aromatic rings. The Morgan fingerprint density at radius 3 is 2.53 bits per heavy atom. The number of anilines is 1. The van der Waals surface area contributed by atoms with Crippen LogP contribution in [-0.4, -0.2) is 10.8 Å². The van der Waals surface area contributed by atoms with E-state index in [0.717, 1.165) is 23.6 Å². The first-order valence-corrected chi connectivity index (χ1v) is 7.34. The second-order valence-electron chi connectivity index (χ2n) is 5.62. The highest BCUT2D eigenvalue weighted by Gasteiger charge is 2.36. The van der Waals surface area contributed by atoms with Crippen molar-refractivity contribution in [2.75, 3.05) is 5.01 Å². The van der Waals surface area contributed by atoms with E-state index < -0.39 is 0 Å². The van der Waals surface area contributed by atoms with Crippen LogP contribution in [0.2, 0.25) is 5.02 Å². The number of thiocarbonyl (C=S) groups is 1. The van der Waals surface area contributed by atoms with E-state index in [2.05, 4.69) is 31.5 Å². The highest BCUT2D eigenvalue weighted by atomic mass is 35.5. The first kappa shape index (κ1) is 14.6. The maximum absolute atomic E-state index is 5.91. The van der Waals surface area contributed by atoms with Crippen LogP contribution in [0.1, 0.15) is 33.6 Å². The quantitative estimate of drug-likeness (QED) is 0.829. The van der Waals surface area contributed by atoms with Gasteiger partial charge in [0.1, 0.15) is 5.66 Å². The summed E-state index contributed by atoms with van der Waals surface area (Å²) < 4.78 is 0. The number of hydrogen-bond acceptors (Lipinski definition) is 2. The van der Waals surface area contributed by atoms with Crippen molar-refractivity contribution < 1.29 is 0 Å². The lowest BCUT2D eigenvalue weighted by Crippen LogP contribution is -2.48. The number of benzene rings is 1. The molecule has 1 fully saturated rings. The Balaban J connectivity index is 2.08. The number of rotatable bonds is 4. The summed E-state index contributed by atoms with van der Waals surface area (Å²) in [4.78, 5) is 0. The van der Waals surface area contributed by atoms with Crippen molar-refractivity contribution in [3.05, 3.63) is 29.3 Å². The zero-order chi connectivity index (χ0) is 14.0. The molecular formula is C14H20ClN3S. The minimum atomic E-state index is -0.180. The molecule has 2 N–H and O–H groups in total. The Morgan fingerprint density at radius 2 is 1.95 bits per heavy atom. The Bertz CT molecular complexity index is 460. The van der Waals surface area contributed by atoms with Gasteiger partial charge in [0.25, 0.3) is 0 Å². The third-order valence-electron chi connectivity index (χ3n) is 3.25. The molecule has 104 valence electrons. The van der Waals surface area contributed by atoms with E-state index in [1.165, 1.54) is 0 Å². The van der Waals surface area contributed by atoms with E-state index in [1.54, 1.807) is 0 Å². The van der Waals surface area contributed by atoms with Crippen molar-refractivity contribution >= 4 is 34.6 Å². The topological polar surface area (TPSA) is 27.3 Å². The lowest BCUT2D eigenvalue weighted by Gasteiger charge is -2.26. The molecule has 0 aliphatic carbocycles. The lowest BCUT2D eigenvalue weighted by atomic mass is 10.0. The highest BCUT2D eigenvalue weighted by Crippen LogP contribution is 2.24. The van der Waals surface area contributed by atoms with Gasteiger partial charge in [0.05, 0.1) is 5.69 Å². The Morgan fingerprint density at radius 1 is 1.32 bits per heavy atom. The molecule has 0 aromatic heterocycles. The van der Waals surface area contributed by atoms with E-state index in [9.17, 15) is 0 Å². The number of hydrazine groups is 1. The Kier molecular flexibility index (Phi) is 4.33. The van der Waals surface area contributed by atoms with E-state index in [4.69, 9.17) is 23.8 Å². The first-order valence-electron chi connectivity index (χ1n) is 6.55. The van der Waals surface area contributed by atoms with Crippen molar-refractivity contribution in [3.63, 3.8) is 0 Å². The smallest absolute Gasteiger partial charge is 0.189 e. The summed E-state index contributed by atoms with van der Waals surface area (Å²) >= 11 is 11.3. The zero-order valence-corrected chi connectivity index (χ0v) is 13.1. The lowest BCUT2D eigenvalue weighted by molar-refractivity contribution is 0.318. The molecule has 0 radical (unpaired) electrons. The summed E-state index contributed by atoms with van der Waals surface area (Å²) in [5.74, 6) is 0.679. The molecule has 0 amide bonds. The molecule has 5 heteroatoms. The van der Waals surface area contributed by atoms with Crippen LogP contribution in [-0.2, 0) is 0 Å². The summed E-state index contributed by atoms with van der Waals surface area (Å²) in [6.07, 6.45) is 2.17. The number of nitrogens with one attached hydrogen (secondary N) is 2. The van der Waals surface area contributed by atoms with Crippen molar-refractivity contribution in [2.45, 2.75) is 39.3 Å². The van der Waals surface area contributed by atoms with Gasteiger partial charge in [0, 0.05) is 5.02 Å². The molecular weight excluding hydrogens is 278 g/mol. The zero-order valence-electron chi connectivity index (χ0n) is 11.5. The Labute approximate surface area is 125 Å². The standard InChI is InChI=1S/C14H20ClN3S/c1-10(2)8-9-14(3)16-13(19)18(17-14)12-6-4-11(15)5-7-12/h4-7,10,17H,8-9H2,1-3H3,(H,16,19)/t14-/m1/s1. The fraction of sp³-hybridized carbons (Fsp3) is 0.500. The number of halogens is 1. The molecule has 1 saturated heterocycles. The molecule has 1 aliphatic heterocycles. The second-order valence-corrected chi connectivity index (χ2v) is 6.44. The highest BCUT2D eigenvalue weighted by molar-refractivity contribution is 7.80. The number of hydrogen-bond donors (Lipinski definition) is 2. The molecule has 1 heterocycles. The average molecular weight is 298 g/mol. The molecule has 2 rings (SSSR count). The maximum Gasteiger partial charge on any atom is 0.189 e. The van der Waals surface area contributed by atoms with Crippen molar-refractivity contribution in [3.8, 4) is 0 Å². The van der Waals surface area contributed by atoms with Crippen LogP contribution in [0.15, 0.2) is 24.3 Å². The van der Waals surface area contributed by atoms with Gasteiger partial charge in [-0.05, 0) is 62.2 Å². The summed E-state index contributed by atoms with van der Waals surface area (Å²) in [5, 5.41) is 6.70. The van der Waals surface area contributed by atoms with E-state index in [0.29, 0.717) is 11.0 Å². The van der Waals surface area contributed by atoms with Crippen LogP contribution in [0.4, 0.5) is 5.69 Å². The monoisotopic (exact) mass is 297 g/mol. The van der Waals surface area contributed by atoms with Gasteiger partial charge in [-0.2, -0.15) is 0 Å². The molecule has 1 atom stereocenters. The number of nitrogens with zero attached hydrogens (tertiary/aromatic N) is 1. The molecule has 1 aliphatic rings. The van der Waals surface area contributed by atoms with Crippen LogP contribution in [0, 0.1) is 5.92 Å². The SMILES string of the molecule is CC(C)CC[C@]1(C)NC(=S)N(c2ccc(Cl)cc2)N1. The summed E-state index contributed by atoms with van der Waals surface area (Å²) in [7, 11) is 0. The van der Waals surface area contributed by atoms with E-state index in [1.807, 2.05) is 29.3 Å². The molecule has 0 spiro atoms. The van der Waals surface area contributed by atoms with Gasteiger partial charge in [-0.15, -0.1) is 0 Å². The minimum absolute atomic E-state index is 0.180. The fourth-order valence-electron chi connectivity index (χ4n) is 2.09. The molecule has 3 nitrogen and oxygen atoms in total. The van der Waals surface area contributed by atoms with Crippen molar-refractivity contribution in [1.29, 1.82) is 0 Å². The van der Waals surface area contributed by atoms with Crippen LogP contribution >= 0.6 is 23.8 Å². The van der Waals surface area contributed by atoms with Gasteiger partial charge < -0.3 is 5.32 Å². The Hall–Kier alpha value is -0.840. The van der Waals surface area contributed by atoms with Crippen LogP contribution < -0.4 is 15.8 Å². The molecule has 19 heavy (non-hydrogen) atoms. The van der Waals surface area contributed by atoms with Gasteiger partial charge in [-0.1, -0.05) is 25.4 Å². The molecule has 0 bridgehead atoms. The average Bonchev–Trinajstić information content (AvgIpc) is 2.64. The van der Waals surface area contributed by atoms with Gasteiger partial charge in [-0.3, -0.25) is 5.01 Å². The van der Waals surface area contributed by atoms with Crippen molar-refractivity contribution in [2.24, 2.45) is 5.92 Å². The van der Waals surface area contributed by atoms with Gasteiger partial charge in [0.2, 0.25) is 0 Å². The van der Waals surface area contributed by atoms with E-state index >= 15 is 0 Å². The third-order valence-corrected chi connectivity index (χ3v) is 3.79. The maximum atomic E-state index is 5.91. The predicted octanol–water partition coefficient (Wildman–Crippen LogP) is 3.69. The largest absolute Gasteiger partial charge is 0.342 e. The first-order chi connectivity index (χ1) is 8.89. The predicted molar refractivity (Wildman–Crippen MR) is 85.3 cm³/mol. The summed E-state index contributed by atoms with van der Waals surface area (Å²) in [5.41, 5.74) is 4.26. The van der Waals surface area contributed by atoms with Gasteiger partial charge in [-0.25, -0.2) is 5.43 Å². The normalized spacial score (nSPS) is 23.0. The molecule has 0 unspecified atom stereocenters. The second kappa shape index (κ2) is 5.65. The van der Waals surface area contributed by atoms with Crippen LogP contribution in [0.5, 0.6) is 0 Å². The van der Waals surface area contributed by atoms with Gasteiger partial charge >= 0.3 is 0 Å². The fourth-order valence-corrected chi connectivity index (χ4v) is 2.59. The summed E-state index contributed by atoms with van der Waals surface area (Å²) in [6.45, 7) is 6.60. The van der Waals surface area contributed by atoms with Crippen LogP contribution in [0.3, 0.4) is 0 Å². The minimum Gasteiger partial charge on any atom is -0.342 e. The van der Waals surface area contributed by atoms with Crippen molar-refractivity contribution in [1.82, 2.24) is 10.7 Å².